The summed E-state index contributed by atoms with van der Waals surface area (Å²) in [5, 5.41) is 16.2. The van der Waals surface area contributed by atoms with Crippen LogP contribution in [0.25, 0.3) is 0 Å². The first-order valence-corrected chi connectivity index (χ1v) is 12.9. The van der Waals surface area contributed by atoms with Crippen LogP contribution in [0.5, 0.6) is 5.75 Å². The summed E-state index contributed by atoms with van der Waals surface area (Å²) in [5.74, 6) is -1.28. The molecule has 1 atom stereocenters. The average Bonchev–Trinajstić information content (AvgIpc) is 2.86. The highest BCUT2D eigenvalue weighted by atomic mass is 35.5. The average molecular weight is 550 g/mol. The van der Waals surface area contributed by atoms with Crippen LogP contribution in [0.4, 0.5) is 17.1 Å². The topological polar surface area (TPSA) is 142 Å². The minimum atomic E-state index is -4.14. The number of phenolic OH excluding ortho intramolecular Hbond substituents is 1. The Kier molecular flexibility index (Phi) is 7.46. The molecule has 0 fully saturated rings. The molecule has 12 heteroatoms. The third-order valence-electron chi connectivity index (χ3n) is 6.66. The number of ether oxygens (including phenoxy) is 1. The second-order valence-electron chi connectivity index (χ2n) is 9.33. The molecule has 1 unspecified atom stereocenters. The Labute approximate surface area is 219 Å². The van der Waals surface area contributed by atoms with Crippen molar-refractivity contribution in [1.29, 1.82) is 0 Å². The highest BCUT2D eigenvalue weighted by Crippen LogP contribution is 2.45. The Morgan fingerprint density at radius 2 is 1.57 bits per heavy atom. The number of phenols is 1. The zero-order valence-electron chi connectivity index (χ0n) is 21.2. The van der Waals surface area contributed by atoms with E-state index in [-0.39, 0.29) is 22.1 Å². The van der Waals surface area contributed by atoms with Crippen LogP contribution in [-0.4, -0.2) is 45.0 Å². The molecule has 0 spiro atoms. The Morgan fingerprint density at radius 1 is 1.00 bits per heavy atom. The number of methoxy groups -OCH3 is 1. The number of rotatable bonds is 9. The number of hydrogen-bond donors (Lipinski definition) is 3. The summed E-state index contributed by atoms with van der Waals surface area (Å²) < 4.78 is 31.3. The van der Waals surface area contributed by atoms with Crippen LogP contribution in [0.2, 0.25) is 5.02 Å². The zero-order valence-corrected chi connectivity index (χ0v) is 22.7. The second kappa shape index (κ2) is 9.81. The normalized spacial score (nSPS) is 13.8. The summed E-state index contributed by atoms with van der Waals surface area (Å²) in [4.78, 5) is 37.5. The van der Waals surface area contributed by atoms with Crippen LogP contribution in [0.15, 0.2) is 56.9 Å². The van der Waals surface area contributed by atoms with E-state index in [1.807, 2.05) is 0 Å². The summed E-state index contributed by atoms with van der Waals surface area (Å²) in [5.41, 5.74) is -4.07. The van der Waals surface area contributed by atoms with Crippen molar-refractivity contribution in [2.75, 3.05) is 31.8 Å². The van der Waals surface area contributed by atoms with Gasteiger partial charge in [-0.25, -0.2) is 12.7 Å². The van der Waals surface area contributed by atoms with Gasteiger partial charge in [0.15, 0.2) is 5.75 Å². The van der Waals surface area contributed by atoms with Crippen molar-refractivity contribution in [1.82, 2.24) is 4.31 Å². The van der Waals surface area contributed by atoms with Crippen LogP contribution in [-0.2, 0) is 25.1 Å². The van der Waals surface area contributed by atoms with E-state index < -0.39 is 48.4 Å². The Morgan fingerprint density at radius 3 is 2.11 bits per heavy atom. The van der Waals surface area contributed by atoms with Gasteiger partial charge in [0, 0.05) is 14.1 Å². The maximum atomic E-state index is 12.8. The third kappa shape index (κ3) is 4.58. The molecule has 0 saturated heterocycles. The lowest BCUT2D eigenvalue weighted by Gasteiger charge is -2.44. The Balaban J connectivity index is 2.13. The number of carbonyl (C=O) groups is 1. The number of anilines is 3. The first-order valence-electron chi connectivity index (χ1n) is 11.1. The van der Waals surface area contributed by atoms with Crippen molar-refractivity contribution >= 4 is 44.7 Å². The number of hydrogen-bond acceptors (Lipinski definition) is 9. The van der Waals surface area contributed by atoms with Gasteiger partial charge in [-0.1, -0.05) is 41.9 Å². The van der Waals surface area contributed by atoms with E-state index in [0.717, 1.165) is 4.31 Å². The summed E-state index contributed by atoms with van der Waals surface area (Å²) in [6.45, 7) is 4.98. The molecule has 3 aromatic carbocycles. The first kappa shape index (κ1) is 28.2. The summed E-state index contributed by atoms with van der Waals surface area (Å²) in [7, 11) is -0.341. The second-order valence-corrected chi connectivity index (χ2v) is 11.8. The number of carbonyl (C=O) groups excluding carboxylic acids is 1. The largest absolute Gasteiger partial charge is 0.504 e. The maximum Gasteiger partial charge on any atom is 0.313 e. The number of halogens is 1. The zero-order chi connectivity index (χ0) is 27.9. The van der Waals surface area contributed by atoms with E-state index >= 15 is 0 Å². The van der Waals surface area contributed by atoms with Gasteiger partial charge in [-0.2, -0.15) is 0 Å². The van der Waals surface area contributed by atoms with Gasteiger partial charge in [0.1, 0.15) is 16.3 Å². The predicted octanol–water partition coefficient (Wildman–Crippen LogP) is 3.16. The van der Waals surface area contributed by atoms with Gasteiger partial charge in [-0.15, -0.1) is 0 Å². The van der Waals surface area contributed by atoms with E-state index in [4.69, 9.17) is 16.3 Å². The van der Waals surface area contributed by atoms with Gasteiger partial charge in [-0.05, 0) is 38.5 Å². The van der Waals surface area contributed by atoms with Crippen molar-refractivity contribution in [2.24, 2.45) is 5.41 Å². The summed E-state index contributed by atoms with van der Waals surface area (Å²) in [6, 6.07) is 11.4. The molecule has 3 rings (SSSR count). The van der Waals surface area contributed by atoms with E-state index in [0.29, 0.717) is 5.56 Å². The Hall–Kier alpha value is -3.41. The highest BCUT2D eigenvalue weighted by Gasteiger charge is 2.50. The molecular formula is C25H28ClN3O7S. The van der Waals surface area contributed by atoms with Gasteiger partial charge < -0.3 is 20.5 Å². The molecule has 37 heavy (non-hydrogen) atoms. The van der Waals surface area contributed by atoms with Gasteiger partial charge in [0.05, 0.1) is 28.8 Å². The minimum absolute atomic E-state index is 0.139. The van der Waals surface area contributed by atoms with Gasteiger partial charge in [0.2, 0.25) is 10.0 Å². The van der Waals surface area contributed by atoms with Crippen molar-refractivity contribution < 1.29 is 23.1 Å². The van der Waals surface area contributed by atoms with Gasteiger partial charge in [0.25, 0.3) is 10.9 Å². The third-order valence-corrected chi connectivity index (χ3v) is 8.98. The summed E-state index contributed by atoms with van der Waals surface area (Å²) in [6.07, 6.45) is 0. The van der Waals surface area contributed by atoms with E-state index in [2.05, 4.69) is 10.6 Å². The van der Waals surface area contributed by atoms with Crippen LogP contribution in [0.1, 0.15) is 26.3 Å². The molecular weight excluding hydrogens is 522 g/mol. The van der Waals surface area contributed by atoms with E-state index in [1.54, 1.807) is 51.1 Å². The molecule has 10 nitrogen and oxygen atoms in total. The fraction of sp³-hybridized carbons (Fsp3) is 0.320. The fourth-order valence-electron chi connectivity index (χ4n) is 3.91. The van der Waals surface area contributed by atoms with Crippen molar-refractivity contribution in [3.05, 3.63) is 73.5 Å². The van der Waals surface area contributed by atoms with Crippen molar-refractivity contribution in [3.8, 4) is 5.75 Å². The van der Waals surface area contributed by atoms with Crippen LogP contribution in [0, 0.1) is 5.41 Å². The molecule has 0 aliphatic rings. The number of nitrogens with zero attached hydrogens (tertiary/aromatic N) is 1. The predicted molar refractivity (Wildman–Crippen MR) is 142 cm³/mol. The maximum absolute atomic E-state index is 12.8. The first-order chi connectivity index (χ1) is 17.1. The lowest BCUT2D eigenvalue weighted by atomic mass is 9.69. The number of aromatic hydroxyl groups is 1. The highest BCUT2D eigenvalue weighted by molar-refractivity contribution is 7.89. The van der Waals surface area contributed by atoms with E-state index in [1.165, 1.54) is 33.3 Å². The van der Waals surface area contributed by atoms with Gasteiger partial charge >= 0.3 is 5.97 Å². The summed E-state index contributed by atoms with van der Waals surface area (Å²) >= 11 is 6.06. The van der Waals surface area contributed by atoms with Crippen LogP contribution < -0.4 is 21.5 Å². The molecule has 0 amide bonds. The van der Waals surface area contributed by atoms with Crippen molar-refractivity contribution in [2.45, 2.75) is 31.2 Å². The lowest BCUT2D eigenvalue weighted by Crippen LogP contribution is -2.53. The van der Waals surface area contributed by atoms with E-state index in [9.17, 15) is 27.9 Å². The smallest absolute Gasteiger partial charge is 0.313 e. The van der Waals surface area contributed by atoms with Crippen molar-refractivity contribution in [3.63, 3.8) is 0 Å². The SMILES string of the molecule is COC(=O)C(C)(C)C(C)(Nc1c(Nc2ccc(Cl)c(S(=O)(=O)N(C)C)c2O)c(=O)c1=O)c1ccccc1. The Bertz CT molecular complexity index is 1530. The molecule has 0 aliphatic heterocycles. The molecule has 0 aliphatic carbocycles. The quantitative estimate of drug-likeness (QED) is 0.208. The molecule has 0 saturated carbocycles. The number of sulfonamides is 1. The molecule has 3 aromatic rings. The lowest BCUT2D eigenvalue weighted by molar-refractivity contribution is -0.154. The van der Waals surface area contributed by atoms with Crippen LogP contribution in [0.3, 0.4) is 0 Å². The molecule has 0 bridgehead atoms. The molecule has 0 heterocycles. The number of nitrogens with one attached hydrogen (secondary N) is 2. The number of benzene rings is 2. The standard InChI is InChI=1S/C25H28ClN3O7S/c1-24(2,23(33)36-6)25(3,14-10-8-7-9-11-14)28-18-17(20(31)21(18)32)27-16-13-12-15(26)22(19(16)30)37(34,35)29(4)5/h7-13,27-28,30H,1-6H3. The molecule has 0 aromatic heterocycles. The molecule has 198 valence electrons. The number of esters is 1. The monoisotopic (exact) mass is 549 g/mol. The van der Waals surface area contributed by atoms with Gasteiger partial charge in [-0.3, -0.25) is 14.4 Å². The fourth-order valence-corrected chi connectivity index (χ4v) is 5.39. The van der Waals surface area contributed by atoms with Crippen LogP contribution >= 0.6 is 11.6 Å². The molecule has 3 N–H and O–H groups in total. The minimum Gasteiger partial charge on any atom is -0.504 e. The molecule has 0 radical (unpaired) electrons.